The van der Waals surface area contributed by atoms with Crippen molar-refractivity contribution >= 4 is 21.4 Å². The van der Waals surface area contributed by atoms with E-state index in [0.29, 0.717) is 32.5 Å². The summed E-state index contributed by atoms with van der Waals surface area (Å²) in [6, 6.07) is 7.77. The molecule has 6 nitrogen and oxygen atoms in total. The smallest absolute Gasteiger partial charge is 0.208 e. The van der Waals surface area contributed by atoms with Crippen LogP contribution in [0.4, 0.5) is 4.39 Å². The van der Waals surface area contributed by atoms with Gasteiger partial charge in [-0.15, -0.1) is 10.2 Å². The number of halogens is 1. The second kappa shape index (κ2) is 8.34. The van der Waals surface area contributed by atoms with Crippen LogP contribution in [0.3, 0.4) is 0 Å². The molecular formula is C17H21FN4O2S2. The van der Waals surface area contributed by atoms with E-state index in [9.17, 15) is 12.8 Å². The molecule has 3 rings (SSSR count). The van der Waals surface area contributed by atoms with Crippen molar-refractivity contribution in [1.29, 1.82) is 0 Å². The minimum absolute atomic E-state index is 0.0929. The summed E-state index contributed by atoms with van der Waals surface area (Å²) < 4.78 is 38.4. The molecule has 0 unspecified atom stereocenters. The maximum Gasteiger partial charge on any atom is 0.208 e. The highest BCUT2D eigenvalue weighted by Crippen LogP contribution is 2.28. The van der Waals surface area contributed by atoms with Crippen LogP contribution in [0.25, 0.3) is 10.6 Å². The van der Waals surface area contributed by atoms with Gasteiger partial charge in [0.05, 0.1) is 19.3 Å². The number of aromatic nitrogens is 2. The van der Waals surface area contributed by atoms with Gasteiger partial charge in [-0.05, 0) is 18.4 Å². The molecule has 9 heteroatoms. The van der Waals surface area contributed by atoms with Crippen LogP contribution in [0.15, 0.2) is 36.2 Å². The van der Waals surface area contributed by atoms with Crippen molar-refractivity contribution in [3.8, 4) is 10.6 Å². The Morgan fingerprint density at radius 3 is 2.88 bits per heavy atom. The van der Waals surface area contributed by atoms with Crippen molar-refractivity contribution in [2.24, 2.45) is 0 Å². The quantitative estimate of drug-likeness (QED) is 0.778. The predicted octanol–water partition coefficient (Wildman–Crippen LogP) is 2.36. The standard InChI is InChI=1S/C17H21FN4O2S2/c1-26(23,24)19-9-8-13-5-2-3-7-15(13)17-21-20-16(25-17)12-22-10-4-6-14(18)11-22/h2-3,5-7,19H,4,8-12H2,1H3. The first-order valence-corrected chi connectivity index (χ1v) is 11.0. The fourth-order valence-corrected chi connectivity index (χ4v) is 4.25. The maximum atomic E-state index is 13.4. The average Bonchev–Trinajstić information content (AvgIpc) is 3.02. The minimum atomic E-state index is -3.20. The molecule has 26 heavy (non-hydrogen) atoms. The summed E-state index contributed by atoms with van der Waals surface area (Å²) in [5.74, 6) is -0.0929. The first-order chi connectivity index (χ1) is 12.4. The van der Waals surface area contributed by atoms with Gasteiger partial charge in [0.25, 0.3) is 0 Å². The Morgan fingerprint density at radius 2 is 2.12 bits per heavy atom. The predicted molar refractivity (Wildman–Crippen MR) is 101 cm³/mol. The van der Waals surface area contributed by atoms with Crippen LogP contribution in [0.2, 0.25) is 0 Å². The Kier molecular flexibility index (Phi) is 6.13. The zero-order valence-corrected chi connectivity index (χ0v) is 16.1. The fraction of sp³-hybridized carbons (Fsp3) is 0.412. The van der Waals surface area contributed by atoms with E-state index in [2.05, 4.69) is 14.9 Å². The number of nitrogens with one attached hydrogen (secondary N) is 1. The molecule has 1 aliphatic rings. The average molecular weight is 397 g/mol. The van der Waals surface area contributed by atoms with E-state index in [1.807, 2.05) is 29.2 Å². The van der Waals surface area contributed by atoms with Crippen LogP contribution >= 0.6 is 11.3 Å². The molecule has 1 aromatic heterocycles. The van der Waals surface area contributed by atoms with Crippen LogP contribution < -0.4 is 4.72 Å². The van der Waals surface area contributed by atoms with Crippen molar-refractivity contribution in [2.45, 2.75) is 19.4 Å². The molecule has 1 aromatic carbocycles. The molecule has 0 spiro atoms. The summed E-state index contributed by atoms with van der Waals surface area (Å²) in [5, 5.41) is 10.2. The molecular weight excluding hydrogens is 375 g/mol. The van der Waals surface area contributed by atoms with E-state index in [-0.39, 0.29) is 5.83 Å². The van der Waals surface area contributed by atoms with E-state index >= 15 is 0 Å². The largest absolute Gasteiger partial charge is 0.290 e. The van der Waals surface area contributed by atoms with Gasteiger partial charge in [-0.2, -0.15) is 0 Å². The maximum absolute atomic E-state index is 13.4. The number of nitrogens with zero attached hydrogens (tertiary/aromatic N) is 3. The molecule has 1 aliphatic heterocycles. The van der Waals surface area contributed by atoms with Crippen molar-refractivity contribution in [3.05, 3.63) is 46.7 Å². The molecule has 1 N–H and O–H groups in total. The first-order valence-electron chi connectivity index (χ1n) is 8.33. The van der Waals surface area contributed by atoms with Crippen LogP contribution in [0.5, 0.6) is 0 Å². The van der Waals surface area contributed by atoms with E-state index in [4.69, 9.17) is 0 Å². The van der Waals surface area contributed by atoms with Gasteiger partial charge in [0.2, 0.25) is 10.0 Å². The zero-order valence-electron chi connectivity index (χ0n) is 14.5. The van der Waals surface area contributed by atoms with E-state index in [1.165, 1.54) is 11.3 Å². The summed E-state index contributed by atoms with van der Waals surface area (Å²) in [5.41, 5.74) is 1.97. The van der Waals surface area contributed by atoms with Gasteiger partial charge in [-0.3, -0.25) is 4.90 Å². The topological polar surface area (TPSA) is 75.2 Å². The lowest BCUT2D eigenvalue weighted by atomic mass is 10.1. The van der Waals surface area contributed by atoms with Gasteiger partial charge < -0.3 is 0 Å². The summed E-state index contributed by atoms with van der Waals surface area (Å²) in [4.78, 5) is 2.02. The fourth-order valence-electron chi connectivity index (χ4n) is 2.83. The lowest BCUT2D eigenvalue weighted by Crippen LogP contribution is -2.28. The minimum Gasteiger partial charge on any atom is -0.290 e. The first kappa shape index (κ1) is 19.1. The summed E-state index contributed by atoms with van der Waals surface area (Å²) in [6.07, 6.45) is 4.06. The van der Waals surface area contributed by atoms with E-state index in [0.717, 1.165) is 33.9 Å². The van der Waals surface area contributed by atoms with Gasteiger partial charge in [0.15, 0.2) is 0 Å². The van der Waals surface area contributed by atoms with E-state index in [1.54, 1.807) is 6.08 Å². The molecule has 0 saturated heterocycles. The molecule has 140 valence electrons. The van der Waals surface area contributed by atoms with Crippen LogP contribution in [-0.4, -0.2) is 49.4 Å². The normalized spacial score (nSPS) is 15.8. The van der Waals surface area contributed by atoms with Gasteiger partial charge >= 0.3 is 0 Å². The van der Waals surface area contributed by atoms with E-state index < -0.39 is 10.0 Å². The van der Waals surface area contributed by atoms with Crippen LogP contribution in [0, 0.1) is 0 Å². The number of hydrogen-bond donors (Lipinski definition) is 1. The lowest BCUT2D eigenvalue weighted by molar-refractivity contribution is 0.258. The Bertz CT molecular complexity index is 896. The van der Waals surface area contributed by atoms with Crippen LogP contribution in [-0.2, 0) is 23.0 Å². The number of rotatable bonds is 7. The molecule has 0 fully saturated rings. The second-order valence-electron chi connectivity index (χ2n) is 6.22. The second-order valence-corrected chi connectivity index (χ2v) is 9.12. The SMILES string of the molecule is CS(=O)(=O)NCCc1ccccc1-c1nnc(CN2CCC=C(F)C2)s1. The zero-order chi connectivity index (χ0) is 18.6. The summed E-state index contributed by atoms with van der Waals surface area (Å²) >= 11 is 1.49. The van der Waals surface area contributed by atoms with Gasteiger partial charge in [-0.1, -0.05) is 41.7 Å². The molecule has 2 heterocycles. The van der Waals surface area contributed by atoms with Crippen molar-refractivity contribution in [3.63, 3.8) is 0 Å². The van der Waals surface area contributed by atoms with Gasteiger partial charge in [0, 0.05) is 18.7 Å². The molecule has 0 aliphatic carbocycles. The Hall–Kier alpha value is -1.68. The molecule has 0 amide bonds. The molecule has 0 saturated carbocycles. The van der Waals surface area contributed by atoms with Crippen molar-refractivity contribution in [1.82, 2.24) is 19.8 Å². The molecule has 0 bridgehead atoms. The van der Waals surface area contributed by atoms with Crippen molar-refractivity contribution in [2.75, 3.05) is 25.9 Å². The Morgan fingerprint density at radius 1 is 1.31 bits per heavy atom. The third kappa shape index (κ3) is 5.41. The Labute approximate surface area is 156 Å². The molecule has 2 aromatic rings. The third-order valence-electron chi connectivity index (χ3n) is 4.02. The highest BCUT2D eigenvalue weighted by Gasteiger charge is 2.16. The Balaban J connectivity index is 1.70. The number of sulfonamides is 1. The molecule has 0 radical (unpaired) electrons. The van der Waals surface area contributed by atoms with Crippen molar-refractivity contribution < 1.29 is 12.8 Å². The highest BCUT2D eigenvalue weighted by atomic mass is 32.2. The summed E-state index contributed by atoms with van der Waals surface area (Å²) in [7, 11) is -3.20. The third-order valence-corrected chi connectivity index (χ3v) is 5.69. The van der Waals surface area contributed by atoms with Crippen LogP contribution in [0.1, 0.15) is 17.0 Å². The van der Waals surface area contributed by atoms with Gasteiger partial charge in [-0.25, -0.2) is 17.5 Å². The van der Waals surface area contributed by atoms with Gasteiger partial charge in [0.1, 0.15) is 15.8 Å². The molecule has 0 atom stereocenters. The number of hydrogen-bond acceptors (Lipinski definition) is 6. The summed E-state index contributed by atoms with van der Waals surface area (Å²) in [6.45, 7) is 2.05. The highest BCUT2D eigenvalue weighted by molar-refractivity contribution is 7.88. The monoisotopic (exact) mass is 396 g/mol. The number of benzene rings is 1. The lowest BCUT2D eigenvalue weighted by Gasteiger charge is -2.22.